The lowest BCUT2D eigenvalue weighted by atomic mass is 10.1. The predicted molar refractivity (Wildman–Crippen MR) is 190 cm³/mol. The van der Waals surface area contributed by atoms with Crippen molar-refractivity contribution in [3.8, 4) is 28.7 Å². The number of nitrogens with zero attached hydrogens (tertiary/aromatic N) is 1. The van der Waals surface area contributed by atoms with Crippen LogP contribution in [0.3, 0.4) is 0 Å². The van der Waals surface area contributed by atoms with Crippen LogP contribution in [0, 0.1) is 11.3 Å². The minimum absolute atomic E-state index is 0.0103. The van der Waals surface area contributed by atoms with Gasteiger partial charge in [-0.05, 0) is 54.1 Å². The number of benzene rings is 4. The summed E-state index contributed by atoms with van der Waals surface area (Å²) in [4.78, 5) is 40.3. The topological polar surface area (TPSA) is 130 Å². The highest BCUT2D eigenvalue weighted by atomic mass is 32.2. The summed E-state index contributed by atoms with van der Waals surface area (Å²) in [6, 6.07) is 32.5. The third kappa shape index (κ3) is 8.50. The first kappa shape index (κ1) is 33.5. The van der Waals surface area contributed by atoms with Gasteiger partial charge in [0.2, 0.25) is 5.91 Å². The SMILES string of the molecule is COc1ccc(/C=C(/NC(=O)c2ccccc2)C(=O)Nc2cccc(SCC(=O)Nc3scc(-c4ccccc4)c3C#N)c2)c(OC)c1. The molecule has 0 unspecified atom stereocenters. The van der Waals surface area contributed by atoms with Gasteiger partial charge in [-0.2, -0.15) is 5.26 Å². The monoisotopic (exact) mass is 674 g/mol. The van der Waals surface area contributed by atoms with E-state index in [1.807, 2.05) is 41.8 Å². The lowest BCUT2D eigenvalue weighted by Gasteiger charge is -2.13. The maximum Gasteiger partial charge on any atom is 0.272 e. The Morgan fingerprint density at radius 3 is 2.33 bits per heavy atom. The van der Waals surface area contributed by atoms with Gasteiger partial charge in [-0.15, -0.1) is 23.1 Å². The smallest absolute Gasteiger partial charge is 0.272 e. The zero-order valence-corrected chi connectivity index (χ0v) is 27.6. The van der Waals surface area contributed by atoms with Crippen LogP contribution < -0.4 is 25.4 Å². The number of nitrogens with one attached hydrogen (secondary N) is 3. The number of amides is 3. The second-order valence-corrected chi connectivity index (χ2v) is 12.1. The largest absolute Gasteiger partial charge is 0.497 e. The van der Waals surface area contributed by atoms with Crippen molar-refractivity contribution in [1.29, 1.82) is 5.26 Å². The third-order valence-electron chi connectivity index (χ3n) is 6.97. The Bertz CT molecular complexity index is 2000. The van der Waals surface area contributed by atoms with Crippen LogP contribution in [0.4, 0.5) is 10.7 Å². The minimum Gasteiger partial charge on any atom is -0.497 e. The van der Waals surface area contributed by atoms with Crippen LogP contribution in [-0.4, -0.2) is 37.7 Å². The van der Waals surface area contributed by atoms with Crippen LogP contribution in [0.2, 0.25) is 0 Å². The van der Waals surface area contributed by atoms with E-state index in [1.54, 1.807) is 66.7 Å². The van der Waals surface area contributed by atoms with E-state index in [0.717, 1.165) is 16.0 Å². The second kappa shape index (κ2) is 16.1. The molecule has 4 aromatic carbocycles. The standard InChI is InChI=1S/C37H30N4O5S2/c1-45-28-17-16-26(33(20-28)46-2)18-32(40-35(43)25-12-7-4-8-13-25)36(44)39-27-14-9-15-29(19-27)47-23-34(42)41-37-30(21-38)31(22-48-37)24-10-5-3-6-11-24/h3-20,22H,23H2,1-2H3,(H,39,44)(H,40,43)(H,41,42)/b32-18+. The molecule has 0 aliphatic rings. The van der Waals surface area contributed by atoms with Crippen LogP contribution in [-0.2, 0) is 9.59 Å². The summed E-state index contributed by atoms with van der Waals surface area (Å²) < 4.78 is 10.8. The van der Waals surface area contributed by atoms with Gasteiger partial charge in [0.05, 0.1) is 25.5 Å². The molecule has 48 heavy (non-hydrogen) atoms. The molecule has 9 nitrogen and oxygen atoms in total. The fourth-order valence-electron chi connectivity index (χ4n) is 4.60. The average Bonchev–Trinajstić information content (AvgIpc) is 3.53. The van der Waals surface area contributed by atoms with E-state index in [-0.39, 0.29) is 17.4 Å². The molecule has 0 saturated heterocycles. The lowest BCUT2D eigenvalue weighted by Crippen LogP contribution is -2.30. The molecule has 5 aromatic rings. The predicted octanol–water partition coefficient (Wildman–Crippen LogP) is 7.44. The molecule has 5 rings (SSSR count). The molecule has 3 amide bonds. The summed E-state index contributed by atoms with van der Waals surface area (Å²) in [7, 11) is 3.04. The Kier molecular flexibility index (Phi) is 11.3. The summed E-state index contributed by atoms with van der Waals surface area (Å²) in [5.41, 5.74) is 3.48. The summed E-state index contributed by atoms with van der Waals surface area (Å²) in [5, 5.41) is 20.6. The highest BCUT2D eigenvalue weighted by Crippen LogP contribution is 2.35. The van der Waals surface area contributed by atoms with Crippen molar-refractivity contribution in [1.82, 2.24) is 5.32 Å². The van der Waals surface area contributed by atoms with E-state index >= 15 is 0 Å². The van der Waals surface area contributed by atoms with Gasteiger partial charge in [0, 0.05) is 38.7 Å². The zero-order chi connectivity index (χ0) is 33.9. The zero-order valence-electron chi connectivity index (χ0n) is 26.0. The number of methoxy groups -OCH3 is 2. The Balaban J connectivity index is 1.29. The molecule has 11 heteroatoms. The molecule has 0 bridgehead atoms. The first-order chi connectivity index (χ1) is 23.4. The van der Waals surface area contributed by atoms with E-state index in [0.29, 0.717) is 38.9 Å². The molecule has 0 spiro atoms. The summed E-state index contributed by atoms with van der Waals surface area (Å²) in [6.07, 6.45) is 1.53. The second-order valence-electron chi connectivity index (χ2n) is 10.1. The molecule has 1 heterocycles. The third-order valence-corrected chi connectivity index (χ3v) is 8.86. The van der Waals surface area contributed by atoms with Gasteiger partial charge >= 0.3 is 0 Å². The number of thiophene rings is 1. The van der Waals surface area contributed by atoms with Gasteiger partial charge in [0.25, 0.3) is 11.8 Å². The number of ether oxygens (including phenoxy) is 2. The molecule has 0 radical (unpaired) electrons. The van der Waals surface area contributed by atoms with Crippen LogP contribution in [0.15, 0.2) is 119 Å². The first-order valence-electron chi connectivity index (χ1n) is 14.6. The fraction of sp³-hybridized carbons (Fsp3) is 0.0811. The van der Waals surface area contributed by atoms with Crippen molar-refractivity contribution in [3.63, 3.8) is 0 Å². The molecule has 0 aliphatic heterocycles. The number of hydrogen-bond donors (Lipinski definition) is 3. The molecule has 3 N–H and O–H groups in total. The molecule has 0 fully saturated rings. The summed E-state index contributed by atoms with van der Waals surface area (Å²) in [5.74, 6) is -0.185. The molecule has 0 aliphatic carbocycles. The molecule has 1 aromatic heterocycles. The fourth-order valence-corrected chi connectivity index (χ4v) is 6.29. The van der Waals surface area contributed by atoms with Gasteiger partial charge in [-0.3, -0.25) is 14.4 Å². The van der Waals surface area contributed by atoms with Crippen LogP contribution >= 0.6 is 23.1 Å². The number of hydrogen-bond acceptors (Lipinski definition) is 8. The van der Waals surface area contributed by atoms with E-state index in [9.17, 15) is 19.6 Å². The van der Waals surface area contributed by atoms with Gasteiger partial charge < -0.3 is 25.4 Å². The van der Waals surface area contributed by atoms with Crippen LogP contribution in [0.1, 0.15) is 21.5 Å². The molecule has 0 atom stereocenters. The summed E-state index contributed by atoms with van der Waals surface area (Å²) in [6.45, 7) is 0. The number of anilines is 2. The van der Waals surface area contributed by atoms with Crippen molar-refractivity contribution >= 4 is 57.6 Å². The number of carbonyl (C=O) groups excluding carboxylic acids is 3. The molecule has 240 valence electrons. The van der Waals surface area contributed by atoms with E-state index in [1.165, 1.54) is 43.4 Å². The van der Waals surface area contributed by atoms with E-state index in [4.69, 9.17) is 9.47 Å². The number of thioether (sulfide) groups is 1. The Labute approximate surface area is 286 Å². The van der Waals surface area contributed by atoms with Gasteiger partial charge in [0.15, 0.2) is 0 Å². The lowest BCUT2D eigenvalue weighted by molar-refractivity contribution is -0.114. The Hall–Kier alpha value is -5.83. The number of nitriles is 1. The van der Waals surface area contributed by atoms with Crippen LogP contribution in [0.5, 0.6) is 11.5 Å². The van der Waals surface area contributed by atoms with Gasteiger partial charge in [-0.1, -0.05) is 54.6 Å². The van der Waals surface area contributed by atoms with Crippen molar-refractivity contribution in [2.24, 2.45) is 0 Å². The van der Waals surface area contributed by atoms with E-state index < -0.39 is 11.8 Å². The van der Waals surface area contributed by atoms with Crippen molar-refractivity contribution in [2.45, 2.75) is 4.90 Å². The van der Waals surface area contributed by atoms with Crippen LogP contribution in [0.25, 0.3) is 17.2 Å². The molecule has 0 saturated carbocycles. The molecular formula is C37H30N4O5S2. The van der Waals surface area contributed by atoms with Crippen molar-refractivity contribution in [2.75, 3.05) is 30.6 Å². The quantitative estimate of drug-likeness (QED) is 0.0926. The average molecular weight is 675 g/mol. The first-order valence-corrected chi connectivity index (χ1v) is 16.5. The van der Waals surface area contributed by atoms with Crippen molar-refractivity contribution in [3.05, 3.63) is 131 Å². The maximum atomic E-state index is 13.6. The highest BCUT2D eigenvalue weighted by Gasteiger charge is 2.18. The van der Waals surface area contributed by atoms with E-state index in [2.05, 4.69) is 22.0 Å². The van der Waals surface area contributed by atoms with Gasteiger partial charge in [0.1, 0.15) is 28.3 Å². The van der Waals surface area contributed by atoms with Gasteiger partial charge in [-0.25, -0.2) is 0 Å². The Morgan fingerprint density at radius 2 is 1.62 bits per heavy atom. The Morgan fingerprint density at radius 1 is 0.875 bits per heavy atom. The maximum absolute atomic E-state index is 13.6. The van der Waals surface area contributed by atoms with Crippen molar-refractivity contribution < 1.29 is 23.9 Å². The normalized spacial score (nSPS) is 10.8. The summed E-state index contributed by atoms with van der Waals surface area (Å²) >= 11 is 2.58. The number of carbonyl (C=O) groups is 3. The minimum atomic E-state index is -0.562. The molecular weight excluding hydrogens is 645 g/mol. The highest BCUT2D eigenvalue weighted by molar-refractivity contribution is 8.00. The number of rotatable bonds is 12.